The summed E-state index contributed by atoms with van der Waals surface area (Å²) < 4.78 is 5.21. The number of carbonyl (C=O) groups excluding carboxylic acids is 1. The van der Waals surface area contributed by atoms with Crippen molar-refractivity contribution in [2.45, 2.75) is 19.8 Å². The third kappa shape index (κ3) is 2.64. The van der Waals surface area contributed by atoms with Crippen LogP contribution in [0.5, 0.6) is 5.75 Å². The van der Waals surface area contributed by atoms with Crippen molar-refractivity contribution in [3.63, 3.8) is 0 Å². The summed E-state index contributed by atoms with van der Waals surface area (Å²) in [5.41, 5.74) is 1.41. The molecule has 0 radical (unpaired) electrons. The van der Waals surface area contributed by atoms with Crippen LogP contribution in [0.2, 0.25) is 0 Å². The van der Waals surface area contributed by atoms with E-state index in [-0.39, 0.29) is 11.7 Å². The Morgan fingerprint density at radius 2 is 2.00 bits per heavy atom. The number of benzene rings is 1. The Morgan fingerprint density at radius 1 is 1.33 bits per heavy atom. The summed E-state index contributed by atoms with van der Waals surface area (Å²) in [5.74, 6) is 0.284. The van der Waals surface area contributed by atoms with Gasteiger partial charge in [0.15, 0.2) is 0 Å². The van der Waals surface area contributed by atoms with Gasteiger partial charge in [0, 0.05) is 13.1 Å². The van der Waals surface area contributed by atoms with Gasteiger partial charge in [-0.3, -0.25) is 4.79 Å². The fraction of sp³-hybridized carbons (Fsp3) is 0.500. The Kier molecular flexibility index (Phi) is 3.87. The molecule has 1 amide bonds. The van der Waals surface area contributed by atoms with Crippen LogP contribution in [0.15, 0.2) is 18.2 Å². The minimum atomic E-state index is -0.119. The number of amides is 1. The van der Waals surface area contributed by atoms with E-state index in [0.29, 0.717) is 37.8 Å². The molecule has 4 nitrogen and oxygen atoms in total. The number of phenolic OH excluding ortho intramolecular Hbond substituents is 1. The molecule has 1 aliphatic heterocycles. The molecular formula is C14H19NO3. The fourth-order valence-electron chi connectivity index (χ4n) is 2.03. The van der Waals surface area contributed by atoms with E-state index in [1.807, 2.05) is 6.07 Å². The number of nitrogens with zero attached hydrogens (tertiary/aromatic N) is 1. The van der Waals surface area contributed by atoms with Crippen molar-refractivity contribution < 1.29 is 14.6 Å². The Bertz CT molecular complexity index is 437. The van der Waals surface area contributed by atoms with Gasteiger partial charge in [0.25, 0.3) is 5.91 Å². The van der Waals surface area contributed by atoms with E-state index in [1.54, 1.807) is 17.0 Å². The number of ether oxygens (including phenoxy) is 1. The highest BCUT2D eigenvalue weighted by atomic mass is 16.5. The van der Waals surface area contributed by atoms with Crippen LogP contribution < -0.4 is 0 Å². The van der Waals surface area contributed by atoms with Gasteiger partial charge in [-0.25, -0.2) is 0 Å². The smallest absolute Gasteiger partial charge is 0.257 e. The third-order valence-electron chi connectivity index (χ3n) is 3.22. The standard InChI is InChI=1S/C14H19NO3/c1-10(2)11-3-4-12(13(16)9-11)14(17)15-5-7-18-8-6-15/h3-4,9-10,16H,5-8H2,1-2H3. The minimum absolute atomic E-state index is 0.0673. The predicted molar refractivity (Wildman–Crippen MR) is 68.9 cm³/mol. The number of aromatic hydroxyl groups is 1. The highest BCUT2D eigenvalue weighted by molar-refractivity contribution is 5.97. The number of hydrogen-bond donors (Lipinski definition) is 1. The van der Waals surface area contributed by atoms with E-state index in [2.05, 4.69) is 13.8 Å². The third-order valence-corrected chi connectivity index (χ3v) is 3.22. The summed E-state index contributed by atoms with van der Waals surface area (Å²) in [7, 11) is 0. The molecule has 0 aliphatic carbocycles. The number of carbonyl (C=O) groups is 1. The Morgan fingerprint density at radius 3 is 2.56 bits per heavy atom. The van der Waals surface area contributed by atoms with Crippen LogP contribution >= 0.6 is 0 Å². The second-order valence-corrected chi connectivity index (χ2v) is 4.84. The van der Waals surface area contributed by atoms with Crippen LogP contribution in [0, 0.1) is 0 Å². The molecule has 1 aromatic carbocycles. The van der Waals surface area contributed by atoms with E-state index in [9.17, 15) is 9.90 Å². The van der Waals surface area contributed by atoms with Gasteiger partial charge in [0.1, 0.15) is 5.75 Å². The highest BCUT2D eigenvalue weighted by Gasteiger charge is 2.21. The molecule has 18 heavy (non-hydrogen) atoms. The Labute approximate surface area is 107 Å². The number of hydrogen-bond acceptors (Lipinski definition) is 3. The maximum absolute atomic E-state index is 12.2. The van der Waals surface area contributed by atoms with E-state index in [0.717, 1.165) is 5.56 Å². The van der Waals surface area contributed by atoms with Gasteiger partial charge in [0.05, 0.1) is 18.8 Å². The lowest BCUT2D eigenvalue weighted by Gasteiger charge is -2.27. The first kappa shape index (κ1) is 12.9. The molecule has 0 unspecified atom stereocenters. The molecule has 1 aliphatic rings. The van der Waals surface area contributed by atoms with Gasteiger partial charge in [-0.1, -0.05) is 19.9 Å². The average Bonchev–Trinajstić information content (AvgIpc) is 2.38. The summed E-state index contributed by atoms with van der Waals surface area (Å²) in [6, 6.07) is 5.29. The Hall–Kier alpha value is -1.55. The minimum Gasteiger partial charge on any atom is -0.507 e. The van der Waals surface area contributed by atoms with Gasteiger partial charge in [-0.2, -0.15) is 0 Å². The van der Waals surface area contributed by atoms with E-state index >= 15 is 0 Å². The zero-order valence-electron chi connectivity index (χ0n) is 10.8. The van der Waals surface area contributed by atoms with Crippen LogP contribution in [0.4, 0.5) is 0 Å². The molecule has 0 aromatic heterocycles. The molecular weight excluding hydrogens is 230 g/mol. The number of morpholine rings is 1. The molecule has 1 N–H and O–H groups in total. The topological polar surface area (TPSA) is 49.8 Å². The summed E-state index contributed by atoms with van der Waals surface area (Å²) in [6.45, 7) is 6.41. The van der Waals surface area contributed by atoms with Crippen molar-refractivity contribution in [1.82, 2.24) is 4.90 Å². The molecule has 98 valence electrons. The second kappa shape index (κ2) is 5.40. The number of phenols is 1. The molecule has 1 fully saturated rings. The lowest BCUT2D eigenvalue weighted by atomic mass is 10.0. The summed E-state index contributed by atoms with van der Waals surface area (Å²) in [6.07, 6.45) is 0. The molecule has 0 atom stereocenters. The lowest BCUT2D eigenvalue weighted by molar-refractivity contribution is 0.0301. The van der Waals surface area contributed by atoms with Gasteiger partial charge in [-0.05, 0) is 23.6 Å². The van der Waals surface area contributed by atoms with Crippen molar-refractivity contribution >= 4 is 5.91 Å². The van der Waals surface area contributed by atoms with Crippen molar-refractivity contribution in [3.05, 3.63) is 29.3 Å². The van der Waals surface area contributed by atoms with Gasteiger partial charge >= 0.3 is 0 Å². The van der Waals surface area contributed by atoms with Crippen molar-refractivity contribution in [2.75, 3.05) is 26.3 Å². The lowest BCUT2D eigenvalue weighted by Crippen LogP contribution is -2.40. The molecule has 0 spiro atoms. The molecule has 4 heteroatoms. The van der Waals surface area contributed by atoms with Crippen molar-refractivity contribution in [1.29, 1.82) is 0 Å². The molecule has 1 heterocycles. The first-order chi connectivity index (χ1) is 8.59. The van der Waals surface area contributed by atoms with Crippen LogP contribution in [0.25, 0.3) is 0 Å². The van der Waals surface area contributed by atoms with Gasteiger partial charge in [-0.15, -0.1) is 0 Å². The largest absolute Gasteiger partial charge is 0.507 e. The van der Waals surface area contributed by atoms with E-state index in [1.165, 1.54) is 0 Å². The first-order valence-electron chi connectivity index (χ1n) is 6.29. The van der Waals surface area contributed by atoms with E-state index < -0.39 is 0 Å². The van der Waals surface area contributed by atoms with Crippen LogP contribution in [-0.4, -0.2) is 42.2 Å². The summed E-state index contributed by atoms with van der Waals surface area (Å²) >= 11 is 0. The summed E-state index contributed by atoms with van der Waals surface area (Å²) in [4.78, 5) is 13.9. The molecule has 0 bridgehead atoms. The first-order valence-corrected chi connectivity index (χ1v) is 6.29. The van der Waals surface area contributed by atoms with Gasteiger partial charge < -0.3 is 14.7 Å². The summed E-state index contributed by atoms with van der Waals surface area (Å²) in [5, 5.41) is 9.96. The monoisotopic (exact) mass is 249 g/mol. The Balaban J connectivity index is 2.19. The molecule has 1 saturated heterocycles. The fourth-order valence-corrected chi connectivity index (χ4v) is 2.03. The zero-order chi connectivity index (χ0) is 13.1. The van der Waals surface area contributed by atoms with Crippen molar-refractivity contribution in [3.8, 4) is 5.75 Å². The maximum atomic E-state index is 12.2. The quantitative estimate of drug-likeness (QED) is 0.872. The van der Waals surface area contributed by atoms with Crippen LogP contribution in [0.1, 0.15) is 35.7 Å². The van der Waals surface area contributed by atoms with E-state index in [4.69, 9.17) is 4.74 Å². The average molecular weight is 249 g/mol. The molecule has 0 saturated carbocycles. The molecule has 1 aromatic rings. The second-order valence-electron chi connectivity index (χ2n) is 4.84. The highest BCUT2D eigenvalue weighted by Crippen LogP contribution is 2.25. The molecule has 2 rings (SSSR count). The van der Waals surface area contributed by atoms with Crippen LogP contribution in [0.3, 0.4) is 0 Å². The normalized spacial score (nSPS) is 16.1. The van der Waals surface area contributed by atoms with Crippen molar-refractivity contribution in [2.24, 2.45) is 0 Å². The van der Waals surface area contributed by atoms with Gasteiger partial charge in [0.2, 0.25) is 0 Å². The zero-order valence-corrected chi connectivity index (χ0v) is 10.8. The number of rotatable bonds is 2. The van der Waals surface area contributed by atoms with Crippen LogP contribution in [-0.2, 0) is 4.74 Å². The SMILES string of the molecule is CC(C)c1ccc(C(=O)N2CCOCC2)c(O)c1. The maximum Gasteiger partial charge on any atom is 0.257 e. The predicted octanol–water partition coefficient (Wildman–Crippen LogP) is 1.99.